The van der Waals surface area contributed by atoms with Gasteiger partial charge in [-0.05, 0) is 60.5 Å². The van der Waals surface area contributed by atoms with Crippen LogP contribution in [0.2, 0.25) is 0 Å². The zero-order valence-corrected chi connectivity index (χ0v) is 27.0. The smallest absolute Gasteiger partial charge is 0.320 e. The number of rotatable bonds is 21. The van der Waals surface area contributed by atoms with Gasteiger partial charge in [-0.2, -0.15) is 0 Å². The standard InChI is InChI=1S/C32H45FN8O6/c1-44-29-9-7-25(22-27(29)33)28(23-30(42)35-11-16-45-18-20-47-21-19-46-17-12-37-39-34)41-15-14-40(32(41)43)13-3-5-26-8-6-24-4-2-10-36-31(24)38-26/h6-9,22,28H,2-5,10-21,23H2,1H3,(H,35,42)(H,36,38)/t28-/m0/s1. The second kappa shape index (κ2) is 19.5. The molecule has 256 valence electrons. The summed E-state index contributed by atoms with van der Waals surface area (Å²) in [5.41, 5.74) is 11.0. The van der Waals surface area contributed by atoms with E-state index >= 15 is 0 Å². The van der Waals surface area contributed by atoms with Crippen molar-refractivity contribution < 1.29 is 32.9 Å². The van der Waals surface area contributed by atoms with Crippen LogP contribution in [-0.4, -0.2) is 113 Å². The Balaban J connectivity index is 1.22. The number of anilines is 1. The van der Waals surface area contributed by atoms with E-state index in [0.717, 1.165) is 43.7 Å². The molecule has 1 aromatic carbocycles. The lowest BCUT2D eigenvalue weighted by Crippen LogP contribution is -2.38. The van der Waals surface area contributed by atoms with Crippen molar-refractivity contribution >= 4 is 17.8 Å². The normalized spacial score (nSPS) is 14.7. The molecule has 0 saturated carbocycles. The molecule has 3 heterocycles. The molecule has 3 amide bonds. The maximum Gasteiger partial charge on any atom is 0.320 e. The topological polar surface area (TPSA) is 163 Å². The average Bonchev–Trinajstić information content (AvgIpc) is 3.44. The third-order valence-corrected chi connectivity index (χ3v) is 7.97. The Hall–Kier alpha value is -4.17. The van der Waals surface area contributed by atoms with Crippen LogP contribution in [0.25, 0.3) is 10.4 Å². The van der Waals surface area contributed by atoms with Gasteiger partial charge in [-0.25, -0.2) is 14.2 Å². The van der Waals surface area contributed by atoms with Crippen LogP contribution < -0.4 is 15.4 Å². The van der Waals surface area contributed by atoms with Gasteiger partial charge >= 0.3 is 6.03 Å². The summed E-state index contributed by atoms with van der Waals surface area (Å²) in [4.78, 5) is 37.4. The highest BCUT2D eigenvalue weighted by Crippen LogP contribution is 2.31. The Morgan fingerprint density at radius 2 is 1.91 bits per heavy atom. The van der Waals surface area contributed by atoms with Crippen molar-refractivity contribution in [1.82, 2.24) is 20.1 Å². The summed E-state index contributed by atoms with van der Waals surface area (Å²) >= 11 is 0. The zero-order chi connectivity index (χ0) is 33.3. The SMILES string of the molecule is COc1ccc([C@H](CC(=O)NCCOCCOCCOCCN=[N+]=[N-])N2CCN(CCCc3ccc4c(n3)NCCC4)C2=O)cc1F. The first kappa shape index (κ1) is 35.7. The molecule has 1 saturated heterocycles. The van der Waals surface area contributed by atoms with Gasteiger partial charge in [0, 0.05) is 49.9 Å². The van der Waals surface area contributed by atoms with Crippen LogP contribution >= 0.6 is 0 Å². The molecule has 2 aliphatic heterocycles. The lowest BCUT2D eigenvalue weighted by molar-refractivity contribution is -0.122. The maximum atomic E-state index is 14.7. The third kappa shape index (κ3) is 11.2. The highest BCUT2D eigenvalue weighted by atomic mass is 19.1. The van der Waals surface area contributed by atoms with E-state index < -0.39 is 11.9 Å². The van der Waals surface area contributed by atoms with Crippen molar-refractivity contribution in [3.8, 4) is 5.75 Å². The molecule has 1 atom stereocenters. The fraction of sp³-hybridized carbons (Fsp3) is 0.594. The molecular weight excluding hydrogens is 611 g/mol. The molecule has 1 fully saturated rings. The van der Waals surface area contributed by atoms with Crippen molar-refractivity contribution in [3.63, 3.8) is 0 Å². The number of benzene rings is 1. The first-order valence-corrected chi connectivity index (χ1v) is 16.1. The van der Waals surface area contributed by atoms with Crippen molar-refractivity contribution in [2.75, 3.05) is 91.3 Å². The Morgan fingerprint density at radius 3 is 2.68 bits per heavy atom. The molecule has 47 heavy (non-hydrogen) atoms. The monoisotopic (exact) mass is 656 g/mol. The summed E-state index contributed by atoms with van der Waals surface area (Å²) in [6.45, 7) is 5.11. The summed E-state index contributed by atoms with van der Waals surface area (Å²) in [5, 5.41) is 9.58. The summed E-state index contributed by atoms with van der Waals surface area (Å²) < 4.78 is 36.0. The Labute approximate surface area is 274 Å². The number of azide groups is 1. The van der Waals surface area contributed by atoms with E-state index in [2.05, 4.69) is 32.8 Å². The van der Waals surface area contributed by atoms with E-state index in [9.17, 15) is 14.0 Å². The first-order chi connectivity index (χ1) is 23.0. The predicted molar refractivity (Wildman–Crippen MR) is 173 cm³/mol. The largest absolute Gasteiger partial charge is 0.494 e. The number of urea groups is 1. The summed E-state index contributed by atoms with van der Waals surface area (Å²) in [5.74, 6) is 0.226. The summed E-state index contributed by atoms with van der Waals surface area (Å²) in [6, 6.07) is 7.91. The highest BCUT2D eigenvalue weighted by Gasteiger charge is 2.35. The molecule has 2 aliphatic rings. The van der Waals surface area contributed by atoms with Crippen LogP contribution in [0.5, 0.6) is 5.75 Å². The minimum Gasteiger partial charge on any atom is -0.494 e. The number of ether oxygens (including phenoxy) is 4. The number of hydrogen-bond donors (Lipinski definition) is 2. The minimum atomic E-state index is -0.649. The first-order valence-electron chi connectivity index (χ1n) is 16.1. The second-order valence-electron chi connectivity index (χ2n) is 11.2. The number of fused-ring (bicyclic) bond motifs is 1. The lowest BCUT2D eigenvalue weighted by Gasteiger charge is -2.28. The number of methoxy groups -OCH3 is 1. The fourth-order valence-corrected chi connectivity index (χ4v) is 5.56. The van der Waals surface area contributed by atoms with E-state index in [1.54, 1.807) is 15.9 Å². The van der Waals surface area contributed by atoms with Crippen molar-refractivity contribution in [3.05, 3.63) is 63.4 Å². The average molecular weight is 657 g/mol. The third-order valence-electron chi connectivity index (χ3n) is 7.97. The van der Waals surface area contributed by atoms with E-state index in [4.69, 9.17) is 29.5 Å². The van der Waals surface area contributed by atoms with Crippen LogP contribution in [0.1, 0.15) is 42.1 Å². The van der Waals surface area contributed by atoms with Crippen LogP contribution in [0.3, 0.4) is 0 Å². The van der Waals surface area contributed by atoms with Crippen molar-refractivity contribution in [1.29, 1.82) is 0 Å². The predicted octanol–water partition coefficient (Wildman–Crippen LogP) is 3.87. The molecule has 14 nitrogen and oxygen atoms in total. The molecule has 0 bridgehead atoms. The van der Waals surface area contributed by atoms with E-state index in [1.807, 2.05) is 0 Å². The molecule has 0 aliphatic carbocycles. The molecule has 4 rings (SSSR count). The highest BCUT2D eigenvalue weighted by molar-refractivity contribution is 5.80. The summed E-state index contributed by atoms with van der Waals surface area (Å²) in [6.07, 6.45) is 3.62. The van der Waals surface area contributed by atoms with Crippen LogP contribution in [-0.2, 0) is 31.8 Å². The molecule has 2 N–H and O–H groups in total. The second-order valence-corrected chi connectivity index (χ2v) is 11.2. The zero-order valence-electron chi connectivity index (χ0n) is 27.0. The van der Waals surface area contributed by atoms with Gasteiger partial charge in [0.05, 0.1) is 59.2 Å². The van der Waals surface area contributed by atoms with Crippen LogP contribution in [0.15, 0.2) is 35.4 Å². The molecule has 0 radical (unpaired) electrons. The number of carbonyl (C=O) groups is 2. The van der Waals surface area contributed by atoms with Gasteiger partial charge in [0.1, 0.15) is 5.82 Å². The van der Waals surface area contributed by atoms with Gasteiger partial charge in [0.25, 0.3) is 0 Å². The Kier molecular flexibility index (Phi) is 14.8. The molecular formula is C32H45FN8O6. The Morgan fingerprint density at radius 1 is 1.13 bits per heavy atom. The number of hydrogen-bond acceptors (Lipinski definition) is 9. The van der Waals surface area contributed by atoms with Crippen LogP contribution in [0.4, 0.5) is 15.0 Å². The number of nitrogens with zero attached hydrogens (tertiary/aromatic N) is 6. The number of carbonyl (C=O) groups excluding carboxylic acids is 2. The van der Waals surface area contributed by atoms with Gasteiger partial charge in [0.2, 0.25) is 5.91 Å². The number of aryl methyl sites for hydroxylation is 2. The van der Waals surface area contributed by atoms with Gasteiger partial charge in [-0.1, -0.05) is 17.2 Å². The molecule has 1 aromatic heterocycles. The number of nitrogens with one attached hydrogen (secondary N) is 2. The van der Waals surface area contributed by atoms with Gasteiger partial charge in [0.15, 0.2) is 11.6 Å². The molecule has 0 unspecified atom stereocenters. The van der Waals surface area contributed by atoms with Gasteiger partial charge < -0.3 is 39.4 Å². The van der Waals surface area contributed by atoms with Gasteiger partial charge in [-0.15, -0.1) is 0 Å². The number of amides is 3. The summed E-state index contributed by atoms with van der Waals surface area (Å²) in [7, 11) is 1.39. The molecule has 2 aromatic rings. The van der Waals surface area contributed by atoms with Crippen molar-refractivity contribution in [2.45, 2.75) is 38.1 Å². The quantitative estimate of drug-likeness (QED) is 0.0886. The van der Waals surface area contributed by atoms with E-state index in [-0.39, 0.29) is 43.8 Å². The number of pyridine rings is 1. The van der Waals surface area contributed by atoms with Gasteiger partial charge in [-0.3, -0.25) is 4.79 Å². The fourth-order valence-electron chi connectivity index (χ4n) is 5.56. The number of halogens is 1. The lowest BCUT2D eigenvalue weighted by atomic mass is 10.0. The van der Waals surface area contributed by atoms with E-state index in [1.165, 1.54) is 24.8 Å². The van der Waals surface area contributed by atoms with Crippen LogP contribution in [0, 0.1) is 5.82 Å². The number of aromatic nitrogens is 1. The molecule has 0 spiro atoms. The minimum absolute atomic E-state index is 0.0276. The Bertz CT molecular complexity index is 1360. The van der Waals surface area contributed by atoms with E-state index in [0.29, 0.717) is 58.2 Å². The molecule has 15 heteroatoms. The maximum absolute atomic E-state index is 14.7. The van der Waals surface area contributed by atoms with Crippen molar-refractivity contribution in [2.24, 2.45) is 5.11 Å².